The number of hydrogen-bond acceptors (Lipinski definition) is 1. The van der Waals surface area contributed by atoms with E-state index in [2.05, 4.69) is 61.6 Å². The normalized spacial score (nSPS) is 13.2. The van der Waals surface area contributed by atoms with Crippen molar-refractivity contribution in [3.63, 3.8) is 0 Å². The van der Waals surface area contributed by atoms with E-state index in [9.17, 15) is 0 Å². The van der Waals surface area contributed by atoms with Crippen molar-refractivity contribution in [3.05, 3.63) is 60.8 Å². The van der Waals surface area contributed by atoms with E-state index in [1.165, 1.54) is 0 Å². The Morgan fingerprint density at radius 3 is 1.32 bits per heavy atom. The Hall–Kier alpha value is -1.34. The third kappa shape index (κ3) is 16.7. The molecule has 106 valence electrons. The molecule has 0 radical (unpaired) electrons. The minimum absolute atomic E-state index is 0.241. The molecule has 0 aliphatic rings. The standard InChI is InChI=1S/C18H28O/c1-2-3-4-5-6-7-8-9-10-11-12-13-14-15-16-17-18-19/h3-4,6-7,9-10,12-13,15-16,19H,2,5,8,11,14,17-18H2,1H3/b4-3+,7-6+,10-9+,13-12+,16-15+. The average Bonchev–Trinajstić information content (AvgIpc) is 2.43. The first-order valence-electron chi connectivity index (χ1n) is 7.27. The summed E-state index contributed by atoms with van der Waals surface area (Å²) < 4.78 is 0. The SMILES string of the molecule is CC/C=C/C/C=C/C/C=C/C/C=C/C/C=C/CCO. The maximum absolute atomic E-state index is 8.58. The fourth-order valence-electron chi connectivity index (χ4n) is 1.44. The number of aliphatic hydroxyl groups excluding tert-OH is 1. The molecular formula is C18H28O. The molecule has 0 atom stereocenters. The second-order valence-electron chi connectivity index (χ2n) is 4.22. The molecule has 0 amide bonds. The predicted octanol–water partition coefficient (Wildman–Crippen LogP) is 5.12. The van der Waals surface area contributed by atoms with Crippen LogP contribution >= 0.6 is 0 Å². The molecule has 1 nitrogen and oxygen atoms in total. The van der Waals surface area contributed by atoms with Crippen LogP contribution in [0.1, 0.15) is 45.4 Å². The summed E-state index contributed by atoms with van der Waals surface area (Å²) in [6, 6.07) is 0. The lowest BCUT2D eigenvalue weighted by atomic mass is 10.2. The molecule has 1 heteroatoms. The minimum Gasteiger partial charge on any atom is -0.396 e. The summed E-state index contributed by atoms with van der Waals surface area (Å²) in [5.74, 6) is 0. The molecule has 0 spiro atoms. The second-order valence-corrected chi connectivity index (χ2v) is 4.22. The molecule has 0 aromatic carbocycles. The third-order valence-electron chi connectivity index (χ3n) is 2.45. The smallest absolute Gasteiger partial charge is 0.0465 e. The lowest BCUT2D eigenvalue weighted by molar-refractivity contribution is 0.302. The van der Waals surface area contributed by atoms with Crippen LogP contribution in [-0.2, 0) is 0 Å². The Morgan fingerprint density at radius 2 is 0.947 bits per heavy atom. The minimum atomic E-state index is 0.241. The van der Waals surface area contributed by atoms with E-state index >= 15 is 0 Å². The Balaban J connectivity index is 3.43. The molecule has 0 saturated heterocycles. The summed E-state index contributed by atoms with van der Waals surface area (Å²) in [6.07, 6.45) is 27.5. The van der Waals surface area contributed by atoms with Gasteiger partial charge in [0.25, 0.3) is 0 Å². The highest BCUT2D eigenvalue weighted by molar-refractivity contribution is 5.00. The average molecular weight is 260 g/mol. The van der Waals surface area contributed by atoms with Crippen molar-refractivity contribution in [2.75, 3.05) is 6.61 Å². The molecule has 0 bridgehead atoms. The molecular weight excluding hydrogens is 232 g/mol. The van der Waals surface area contributed by atoms with Gasteiger partial charge in [-0.2, -0.15) is 0 Å². The molecule has 0 saturated carbocycles. The Morgan fingerprint density at radius 1 is 0.579 bits per heavy atom. The van der Waals surface area contributed by atoms with E-state index in [1.807, 2.05) is 6.08 Å². The largest absolute Gasteiger partial charge is 0.396 e. The van der Waals surface area contributed by atoms with Crippen molar-refractivity contribution >= 4 is 0 Å². The fourth-order valence-corrected chi connectivity index (χ4v) is 1.44. The van der Waals surface area contributed by atoms with Crippen LogP contribution in [0.15, 0.2) is 60.8 Å². The van der Waals surface area contributed by atoms with Crippen molar-refractivity contribution < 1.29 is 5.11 Å². The van der Waals surface area contributed by atoms with Gasteiger partial charge in [0.2, 0.25) is 0 Å². The molecule has 0 rings (SSSR count). The molecule has 0 aliphatic heterocycles. The van der Waals surface area contributed by atoms with Gasteiger partial charge in [-0.25, -0.2) is 0 Å². The zero-order chi connectivity index (χ0) is 14.0. The highest BCUT2D eigenvalue weighted by Gasteiger charge is 1.75. The van der Waals surface area contributed by atoms with E-state index in [1.54, 1.807) is 0 Å². The summed E-state index contributed by atoms with van der Waals surface area (Å²) in [5, 5.41) is 8.58. The Bertz CT molecular complexity index is 306. The van der Waals surface area contributed by atoms with Crippen molar-refractivity contribution in [2.45, 2.75) is 45.4 Å². The number of aliphatic hydroxyl groups is 1. The van der Waals surface area contributed by atoms with Crippen LogP contribution in [-0.4, -0.2) is 11.7 Å². The highest BCUT2D eigenvalue weighted by Crippen LogP contribution is 1.95. The van der Waals surface area contributed by atoms with Crippen molar-refractivity contribution in [1.82, 2.24) is 0 Å². The van der Waals surface area contributed by atoms with Crippen LogP contribution in [0.3, 0.4) is 0 Å². The first-order chi connectivity index (χ1) is 9.41. The van der Waals surface area contributed by atoms with Gasteiger partial charge < -0.3 is 5.11 Å². The van der Waals surface area contributed by atoms with Gasteiger partial charge in [0.15, 0.2) is 0 Å². The summed E-state index contributed by atoms with van der Waals surface area (Å²) in [7, 11) is 0. The molecule has 0 aromatic rings. The predicted molar refractivity (Wildman–Crippen MR) is 86.2 cm³/mol. The van der Waals surface area contributed by atoms with Crippen molar-refractivity contribution in [3.8, 4) is 0 Å². The van der Waals surface area contributed by atoms with Crippen LogP contribution in [0.5, 0.6) is 0 Å². The molecule has 0 heterocycles. The third-order valence-corrected chi connectivity index (χ3v) is 2.45. The molecule has 1 N–H and O–H groups in total. The summed E-state index contributed by atoms with van der Waals surface area (Å²) in [4.78, 5) is 0. The first kappa shape index (κ1) is 17.7. The van der Waals surface area contributed by atoms with E-state index in [0.29, 0.717) is 0 Å². The van der Waals surface area contributed by atoms with Gasteiger partial charge in [0.05, 0.1) is 0 Å². The number of hydrogen-bond donors (Lipinski definition) is 1. The van der Waals surface area contributed by atoms with Crippen LogP contribution in [0.2, 0.25) is 0 Å². The van der Waals surface area contributed by atoms with E-state index in [0.717, 1.165) is 38.5 Å². The van der Waals surface area contributed by atoms with Gasteiger partial charge in [0.1, 0.15) is 0 Å². The van der Waals surface area contributed by atoms with E-state index < -0.39 is 0 Å². The molecule has 0 aromatic heterocycles. The maximum atomic E-state index is 8.58. The highest BCUT2D eigenvalue weighted by atomic mass is 16.2. The van der Waals surface area contributed by atoms with Gasteiger partial charge in [-0.1, -0.05) is 67.7 Å². The molecule has 0 aliphatic carbocycles. The van der Waals surface area contributed by atoms with Crippen LogP contribution in [0, 0.1) is 0 Å². The van der Waals surface area contributed by atoms with Gasteiger partial charge in [-0.15, -0.1) is 0 Å². The van der Waals surface area contributed by atoms with Crippen molar-refractivity contribution in [1.29, 1.82) is 0 Å². The maximum Gasteiger partial charge on any atom is 0.0465 e. The van der Waals surface area contributed by atoms with Gasteiger partial charge >= 0.3 is 0 Å². The fraction of sp³-hybridized carbons (Fsp3) is 0.444. The summed E-state index contributed by atoms with van der Waals surface area (Å²) >= 11 is 0. The Labute approximate surface area is 118 Å². The van der Waals surface area contributed by atoms with Crippen molar-refractivity contribution in [2.24, 2.45) is 0 Å². The zero-order valence-corrected chi connectivity index (χ0v) is 12.2. The molecule has 19 heavy (non-hydrogen) atoms. The zero-order valence-electron chi connectivity index (χ0n) is 12.2. The quantitative estimate of drug-likeness (QED) is 0.511. The van der Waals surface area contributed by atoms with Crippen LogP contribution in [0.4, 0.5) is 0 Å². The molecule has 0 unspecified atom stereocenters. The Kier molecular flexibility index (Phi) is 15.5. The van der Waals surface area contributed by atoms with Gasteiger partial charge in [-0.3, -0.25) is 0 Å². The number of rotatable bonds is 11. The number of allylic oxidation sites excluding steroid dienone is 9. The summed E-state index contributed by atoms with van der Waals surface area (Å²) in [6.45, 7) is 2.39. The van der Waals surface area contributed by atoms with E-state index in [4.69, 9.17) is 5.11 Å². The van der Waals surface area contributed by atoms with Crippen LogP contribution < -0.4 is 0 Å². The van der Waals surface area contributed by atoms with Crippen LogP contribution in [0.25, 0.3) is 0 Å². The first-order valence-corrected chi connectivity index (χ1v) is 7.27. The molecule has 0 fully saturated rings. The monoisotopic (exact) mass is 260 g/mol. The second kappa shape index (κ2) is 16.7. The van der Waals surface area contributed by atoms with Gasteiger partial charge in [-0.05, 0) is 38.5 Å². The lowest BCUT2D eigenvalue weighted by Gasteiger charge is -1.85. The topological polar surface area (TPSA) is 20.2 Å². The van der Waals surface area contributed by atoms with Gasteiger partial charge in [0, 0.05) is 6.61 Å². The summed E-state index contributed by atoms with van der Waals surface area (Å²) in [5.41, 5.74) is 0. The lowest BCUT2D eigenvalue weighted by Crippen LogP contribution is -1.74. The van der Waals surface area contributed by atoms with E-state index in [-0.39, 0.29) is 6.61 Å².